The van der Waals surface area contributed by atoms with Gasteiger partial charge in [0.25, 0.3) is 0 Å². The normalized spacial score (nSPS) is 16.7. The molecular formula is C32H41N3O3. The first-order chi connectivity index (χ1) is 18.5. The number of benzene rings is 2. The molecule has 0 amide bonds. The number of nitrogens with one attached hydrogen (secondary N) is 1. The molecule has 0 aliphatic carbocycles. The van der Waals surface area contributed by atoms with Crippen LogP contribution in [0.15, 0.2) is 60.9 Å². The summed E-state index contributed by atoms with van der Waals surface area (Å²) in [5, 5.41) is 24.0. The lowest BCUT2D eigenvalue weighted by Crippen LogP contribution is -2.20. The van der Waals surface area contributed by atoms with Crippen LogP contribution in [-0.4, -0.2) is 39.4 Å². The van der Waals surface area contributed by atoms with Crippen LogP contribution in [0.2, 0.25) is 0 Å². The number of hydrogen-bond donors (Lipinski definition) is 3. The van der Waals surface area contributed by atoms with E-state index in [2.05, 4.69) is 59.4 Å². The second-order valence-corrected chi connectivity index (χ2v) is 10.1. The predicted molar refractivity (Wildman–Crippen MR) is 154 cm³/mol. The van der Waals surface area contributed by atoms with Crippen molar-refractivity contribution >= 4 is 11.4 Å². The standard InChI is InChI=1S/C23H28N2O3.C9H13N/c1-3-5-21(23-15(2)10-18(26)11-22(23)27)25-12-16-6-4-7-20(19(16)13-25)24-17-8-9-28-14-17;1-2-3-5-9-6-4-7-10-8-9/h4-7,10-11,17,24,26-27H,3,8-9,12-14H2,1-2H3;4,6-8H,2-3,5H2,1H3. The maximum atomic E-state index is 10.5. The number of unbranched alkanes of at least 4 members (excludes halogenated alkanes) is 1. The number of phenolic OH excluding ortho intramolecular Hbond substituents is 2. The average molecular weight is 516 g/mol. The molecule has 2 aliphatic rings. The van der Waals surface area contributed by atoms with Gasteiger partial charge in [-0.15, -0.1) is 0 Å². The van der Waals surface area contributed by atoms with E-state index in [4.69, 9.17) is 4.74 Å². The van der Waals surface area contributed by atoms with Crippen molar-refractivity contribution in [1.29, 1.82) is 0 Å². The van der Waals surface area contributed by atoms with Gasteiger partial charge in [0.2, 0.25) is 0 Å². The maximum absolute atomic E-state index is 10.5. The Labute approximate surface area is 227 Å². The highest BCUT2D eigenvalue weighted by molar-refractivity contribution is 5.74. The van der Waals surface area contributed by atoms with Gasteiger partial charge in [-0.05, 0) is 73.1 Å². The number of allylic oxidation sites excluding steroid dienone is 1. The van der Waals surface area contributed by atoms with Crippen LogP contribution in [0.4, 0.5) is 5.69 Å². The molecule has 0 bridgehead atoms. The van der Waals surface area contributed by atoms with Gasteiger partial charge in [0.05, 0.1) is 12.6 Å². The van der Waals surface area contributed by atoms with E-state index in [1.54, 1.807) is 6.07 Å². The third-order valence-corrected chi connectivity index (χ3v) is 7.11. The van der Waals surface area contributed by atoms with Crippen LogP contribution in [0.25, 0.3) is 5.70 Å². The Hall–Kier alpha value is -3.51. The number of aromatic hydroxyl groups is 2. The zero-order chi connectivity index (χ0) is 26.9. The van der Waals surface area contributed by atoms with E-state index in [1.165, 1.54) is 47.7 Å². The number of nitrogens with zero attached hydrogens (tertiary/aromatic N) is 2. The molecule has 6 heteroatoms. The van der Waals surface area contributed by atoms with Crippen molar-refractivity contribution in [3.8, 4) is 11.5 Å². The van der Waals surface area contributed by atoms with Gasteiger partial charge in [0.15, 0.2) is 0 Å². The molecule has 6 nitrogen and oxygen atoms in total. The molecule has 1 unspecified atom stereocenters. The van der Waals surface area contributed by atoms with Crippen LogP contribution in [0.5, 0.6) is 11.5 Å². The summed E-state index contributed by atoms with van der Waals surface area (Å²) in [5.74, 6) is 0.208. The van der Waals surface area contributed by atoms with E-state index in [9.17, 15) is 10.2 Å². The molecule has 0 spiro atoms. The zero-order valence-electron chi connectivity index (χ0n) is 22.9. The Kier molecular flexibility index (Phi) is 9.66. The molecule has 1 atom stereocenters. The van der Waals surface area contributed by atoms with Crippen LogP contribution in [0.1, 0.15) is 67.3 Å². The number of hydrogen-bond acceptors (Lipinski definition) is 6. The molecule has 1 fully saturated rings. The highest BCUT2D eigenvalue weighted by atomic mass is 16.5. The van der Waals surface area contributed by atoms with Crippen LogP contribution in [0.3, 0.4) is 0 Å². The van der Waals surface area contributed by atoms with Crippen molar-refractivity contribution in [3.63, 3.8) is 0 Å². The summed E-state index contributed by atoms with van der Waals surface area (Å²) in [6.45, 7) is 9.40. The number of aromatic nitrogens is 1. The Bertz CT molecular complexity index is 1200. The van der Waals surface area contributed by atoms with Gasteiger partial charge >= 0.3 is 0 Å². The molecule has 1 saturated heterocycles. The average Bonchev–Trinajstić information content (AvgIpc) is 3.58. The Morgan fingerprint density at radius 3 is 2.71 bits per heavy atom. The van der Waals surface area contributed by atoms with Gasteiger partial charge in [0.1, 0.15) is 11.5 Å². The van der Waals surface area contributed by atoms with E-state index < -0.39 is 0 Å². The molecule has 0 radical (unpaired) electrons. The SMILES string of the molecule is CCC=C(c1c(C)cc(O)cc1O)N1Cc2cccc(NC3CCOC3)c2C1.CCCCc1cccnc1. The Morgan fingerprint density at radius 1 is 1.16 bits per heavy atom. The van der Waals surface area contributed by atoms with Crippen LogP contribution in [-0.2, 0) is 24.2 Å². The molecule has 5 rings (SSSR count). The largest absolute Gasteiger partial charge is 0.508 e. The number of phenols is 2. The summed E-state index contributed by atoms with van der Waals surface area (Å²) in [6.07, 6.45) is 11.5. The highest BCUT2D eigenvalue weighted by Crippen LogP contribution is 2.40. The van der Waals surface area contributed by atoms with Crippen LogP contribution >= 0.6 is 0 Å². The first-order valence-electron chi connectivity index (χ1n) is 13.8. The fourth-order valence-corrected chi connectivity index (χ4v) is 5.19. The molecule has 202 valence electrons. The third-order valence-electron chi connectivity index (χ3n) is 7.11. The van der Waals surface area contributed by atoms with Crippen molar-refractivity contribution in [2.24, 2.45) is 0 Å². The number of ether oxygens (including phenoxy) is 1. The first kappa shape index (κ1) is 27.5. The fraction of sp³-hybridized carbons (Fsp3) is 0.406. The number of rotatable bonds is 8. The zero-order valence-corrected chi connectivity index (χ0v) is 22.9. The summed E-state index contributed by atoms with van der Waals surface area (Å²) in [4.78, 5) is 6.35. The second-order valence-electron chi connectivity index (χ2n) is 10.1. The fourth-order valence-electron chi connectivity index (χ4n) is 5.19. The molecule has 3 heterocycles. The van der Waals surface area contributed by atoms with Crippen LogP contribution < -0.4 is 5.32 Å². The van der Waals surface area contributed by atoms with E-state index in [-0.39, 0.29) is 11.5 Å². The van der Waals surface area contributed by atoms with Crippen molar-refractivity contribution < 1.29 is 14.9 Å². The van der Waals surface area contributed by atoms with E-state index in [1.807, 2.05) is 25.4 Å². The van der Waals surface area contributed by atoms with E-state index >= 15 is 0 Å². The lowest BCUT2D eigenvalue weighted by molar-refractivity contribution is 0.195. The lowest BCUT2D eigenvalue weighted by Gasteiger charge is -2.24. The number of pyridine rings is 1. The summed E-state index contributed by atoms with van der Waals surface area (Å²) in [7, 11) is 0. The van der Waals surface area contributed by atoms with Crippen molar-refractivity contribution in [2.45, 2.75) is 72.0 Å². The molecule has 2 aliphatic heterocycles. The van der Waals surface area contributed by atoms with E-state index in [0.29, 0.717) is 6.04 Å². The lowest BCUT2D eigenvalue weighted by atomic mass is 10.0. The summed E-state index contributed by atoms with van der Waals surface area (Å²) >= 11 is 0. The van der Waals surface area contributed by atoms with Crippen LogP contribution in [0, 0.1) is 6.92 Å². The number of aryl methyl sites for hydroxylation is 2. The van der Waals surface area contributed by atoms with Crippen molar-refractivity contribution in [2.75, 3.05) is 18.5 Å². The Morgan fingerprint density at radius 2 is 2.03 bits per heavy atom. The molecule has 3 aromatic rings. The van der Waals surface area contributed by atoms with Gasteiger partial charge in [-0.2, -0.15) is 0 Å². The molecular weight excluding hydrogens is 474 g/mol. The third kappa shape index (κ3) is 6.87. The van der Waals surface area contributed by atoms with Gasteiger partial charge < -0.3 is 25.2 Å². The summed E-state index contributed by atoms with van der Waals surface area (Å²) < 4.78 is 5.50. The Balaban J connectivity index is 0.000000283. The minimum atomic E-state index is 0.0876. The topological polar surface area (TPSA) is 77.9 Å². The maximum Gasteiger partial charge on any atom is 0.128 e. The van der Waals surface area contributed by atoms with Crippen molar-refractivity contribution in [1.82, 2.24) is 9.88 Å². The number of anilines is 1. The number of fused-ring (bicyclic) bond motifs is 1. The summed E-state index contributed by atoms with van der Waals surface area (Å²) in [5.41, 5.74) is 7.83. The predicted octanol–water partition coefficient (Wildman–Crippen LogP) is 6.80. The molecule has 1 aromatic heterocycles. The molecule has 0 saturated carbocycles. The highest BCUT2D eigenvalue weighted by Gasteiger charge is 2.27. The summed E-state index contributed by atoms with van der Waals surface area (Å²) in [6, 6.07) is 14.0. The minimum Gasteiger partial charge on any atom is -0.508 e. The van der Waals surface area contributed by atoms with Gasteiger partial charge in [-0.3, -0.25) is 4.98 Å². The minimum absolute atomic E-state index is 0.0876. The molecule has 2 aromatic carbocycles. The quantitative estimate of drug-likeness (QED) is 0.306. The van der Waals surface area contributed by atoms with Gasteiger partial charge in [0, 0.05) is 55.1 Å². The van der Waals surface area contributed by atoms with Gasteiger partial charge in [-0.1, -0.05) is 44.5 Å². The monoisotopic (exact) mass is 515 g/mol. The van der Waals surface area contributed by atoms with Crippen molar-refractivity contribution in [3.05, 3.63) is 88.8 Å². The van der Waals surface area contributed by atoms with Gasteiger partial charge in [-0.25, -0.2) is 0 Å². The second kappa shape index (κ2) is 13.3. The first-order valence-corrected chi connectivity index (χ1v) is 13.8. The smallest absolute Gasteiger partial charge is 0.128 e. The molecule has 3 N–H and O–H groups in total. The van der Waals surface area contributed by atoms with E-state index in [0.717, 1.165) is 56.0 Å². The molecule has 38 heavy (non-hydrogen) atoms.